The Bertz CT molecular complexity index is 655. The van der Waals surface area contributed by atoms with E-state index in [9.17, 15) is 4.79 Å². The molecule has 2 heterocycles. The summed E-state index contributed by atoms with van der Waals surface area (Å²) in [6.07, 6.45) is 3.83. The average Bonchev–Trinajstić information content (AvgIpc) is 2.96. The highest BCUT2D eigenvalue weighted by Gasteiger charge is 2.57. The van der Waals surface area contributed by atoms with Crippen LogP contribution in [0.3, 0.4) is 0 Å². The van der Waals surface area contributed by atoms with Gasteiger partial charge in [0.2, 0.25) is 17.6 Å². The van der Waals surface area contributed by atoms with Gasteiger partial charge in [-0.05, 0) is 25.7 Å². The zero-order valence-corrected chi connectivity index (χ0v) is 11.8. The molecule has 5 nitrogen and oxygen atoms in total. The van der Waals surface area contributed by atoms with Gasteiger partial charge in [-0.3, -0.25) is 4.79 Å². The van der Waals surface area contributed by atoms with E-state index in [1.807, 2.05) is 35.2 Å². The van der Waals surface area contributed by atoms with Crippen molar-refractivity contribution in [3.8, 4) is 11.4 Å². The van der Waals surface area contributed by atoms with Gasteiger partial charge in [-0.1, -0.05) is 35.5 Å². The van der Waals surface area contributed by atoms with Crippen molar-refractivity contribution in [1.29, 1.82) is 0 Å². The van der Waals surface area contributed by atoms with Crippen LogP contribution >= 0.6 is 0 Å². The summed E-state index contributed by atoms with van der Waals surface area (Å²) >= 11 is 0. The lowest BCUT2D eigenvalue weighted by atomic mass is 10.1. The third-order valence-electron chi connectivity index (χ3n) is 4.42. The molecule has 21 heavy (non-hydrogen) atoms. The summed E-state index contributed by atoms with van der Waals surface area (Å²) < 4.78 is 5.42. The maximum Gasteiger partial charge on any atom is 0.242 e. The molecule has 1 aliphatic carbocycles. The zero-order valence-electron chi connectivity index (χ0n) is 11.8. The third-order valence-corrected chi connectivity index (χ3v) is 4.42. The first-order chi connectivity index (χ1) is 10.3. The Morgan fingerprint density at radius 2 is 1.86 bits per heavy atom. The number of benzene rings is 1. The molecule has 0 unspecified atom stereocenters. The minimum absolute atomic E-state index is 0.170. The standard InChI is InChI=1S/C16H17N3O2/c20-15(19-10-4-5-11-19)16(8-9-16)14-17-13(18-21-14)12-6-2-1-3-7-12/h1-3,6-7H,4-5,8-11H2. The fourth-order valence-electron chi connectivity index (χ4n) is 2.99. The van der Waals surface area contributed by atoms with Gasteiger partial charge in [0, 0.05) is 18.7 Å². The molecular formula is C16H17N3O2. The number of carbonyl (C=O) groups is 1. The lowest BCUT2D eigenvalue weighted by Gasteiger charge is -2.19. The van der Waals surface area contributed by atoms with Gasteiger partial charge in [-0.15, -0.1) is 0 Å². The van der Waals surface area contributed by atoms with Crippen molar-refractivity contribution in [2.24, 2.45) is 0 Å². The molecule has 2 aromatic rings. The Morgan fingerprint density at radius 1 is 1.14 bits per heavy atom. The van der Waals surface area contributed by atoms with E-state index in [1.54, 1.807) is 0 Å². The molecule has 108 valence electrons. The van der Waals surface area contributed by atoms with Gasteiger partial charge in [0.15, 0.2) is 0 Å². The van der Waals surface area contributed by atoms with Gasteiger partial charge in [0.25, 0.3) is 0 Å². The summed E-state index contributed by atoms with van der Waals surface area (Å²) in [5.74, 6) is 1.22. The van der Waals surface area contributed by atoms with E-state index in [0.29, 0.717) is 11.7 Å². The van der Waals surface area contributed by atoms with Crippen LogP contribution in [0.2, 0.25) is 0 Å². The first-order valence-corrected chi connectivity index (χ1v) is 7.49. The second-order valence-corrected chi connectivity index (χ2v) is 5.87. The van der Waals surface area contributed by atoms with E-state index < -0.39 is 5.41 Å². The van der Waals surface area contributed by atoms with E-state index in [0.717, 1.165) is 44.3 Å². The smallest absolute Gasteiger partial charge is 0.242 e. The predicted octanol–water partition coefficient (Wildman–Crippen LogP) is 2.39. The Morgan fingerprint density at radius 3 is 2.52 bits per heavy atom. The zero-order chi connectivity index (χ0) is 14.3. The average molecular weight is 283 g/mol. The van der Waals surface area contributed by atoms with E-state index in [4.69, 9.17) is 4.52 Å². The van der Waals surface area contributed by atoms with Crippen LogP contribution in [0.15, 0.2) is 34.9 Å². The molecule has 0 spiro atoms. The van der Waals surface area contributed by atoms with Crippen LogP contribution in [0.4, 0.5) is 0 Å². The first-order valence-electron chi connectivity index (χ1n) is 7.49. The fourth-order valence-corrected chi connectivity index (χ4v) is 2.99. The number of carbonyl (C=O) groups excluding carboxylic acids is 1. The van der Waals surface area contributed by atoms with E-state index in [-0.39, 0.29) is 5.91 Å². The fraction of sp³-hybridized carbons (Fsp3) is 0.438. The molecule has 1 aromatic heterocycles. The number of likely N-dealkylation sites (tertiary alicyclic amines) is 1. The van der Waals surface area contributed by atoms with Crippen LogP contribution in [0.25, 0.3) is 11.4 Å². The summed E-state index contributed by atoms with van der Waals surface area (Å²) in [7, 11) is 0. The highest BCUT2D eigenvalue weighted by atomic mass is 16.5. The van der Waals surface area contributed by atoms with Crippen LogP contribution in [0.5, 0.6) is 0 Å². The topological polar surface area (TPSA) is 59.2 Å². The molecule has 0 bridgehead atoms. The molecular weight excluding hydrogens is 266 g/mol. The molecule has 1 saturated carbocycles. The molecule has 2 fully saturated rings. The largest absolute Gasteiger partial charge is 0.342 e. The minimum atomic E-state index is -0.537. The van der Waals surface area contributed by atoms with Crippen molar-refractivity contribution in [1.82, 2.24) is 15.0 Å². The van der Waals surface area contributed by atoms with Gasteiger partial charge in [-0.2, -0.15) is 4.98 Å². The molecule has 1 aromatic carbocycles. The van der Waals surface area contributed by atoms with Gasteiger partial charge in [0.05, 0.1) is 0 Å². The molecule has 5 heteroatoms. The molecule has 2 aliphatic rings. The molecule has 0 N–H and O–H groups in total. The van der Waals surface area contributed by atoms with Crippen molar-refractivity contribution < 1.29 is 9.32 Å². The lowest BCUT2D eigenvalue weighted by molar-refractivity contribution is -0.133. The maximum atomic E-state index is 12.7. The highest BCUT2D eigenvalue weighted by Crippen LogP contribution is 2.49. The van der Waals surface area contributed by atoms with Gasteiger partial charge in [-0.25, -0.2) is 0 Å². The summed E-state index contributed by atoms with van der Waals surface area (Å²) in [4.78, 5) is 19.1. The highest BCUT2D eigenvalue weighted by molar-refractivity contribution is 5.90. The second kappa shape index (κ2) is 4.69. The van der Waals surface area contributed by atoms with Crippen LogP contribution in [0, 0.1) is 0 Å². The molecule has 1 aliphatic heterocycles. The lowest BCUT2D eigenvalue weighted by Crippen LogP contribution is -2.37. The van der Waals surface area contributed by atoms with Crippen molar-refractivity contribution >= 4 is 5.91 Å². The third kappa shape index (κ3) is 2.04. The molecule has 4 rings (SSSR count). The van der Waals surface area contributed by atoms with Crippen molar-refractivity contribution in [2.45, 2.75) is 31.1 Å². The molecule has 1 saturated heterocycles. The number of hydrogen-bond acceptors (Lipinski definition) is 4. The van der Waals surface area contributed by atoms with E-state index >= 15 is 0 Å². The van der Waals surface area contributed by atoms with Crippen LogP contribution in [-0.2, 0) is 10.2 Å². The Labute approximate surface area is 123 Å². The van der Waals surface area contributed by atoms with Crippen LogP contribution in [-0.4, -0.2) is 34.0 Å². The molecule has 0 radical (unpaired) electrons. The molecule has 0 atom stereocenters. The van der Waals surface area contributed by atoms with Crippen molar-refractivity contribution in [3.63, 3.8) is 0 Å². The summed E-state index contributed by atoms with van der Waals surface area (Å²) in [6.45, 7) is 1.72. The summed E-state index contributed by atoms with van der Waals surface area (Å²) in [5.41, 5.74) is 0.376. The quantitative estimate of drug-likeness (QED) is 0.868. The SMILES string of the molecule is O=C(N1CCCC1)C1(c2nc(-c3ccccc3)no2)CC1. The normalized spacial score (nSPS) is 19.7. The number of hydrogen-bond donors (Lipinski definition) is 0. The summed E-state index contributed by atoms with van der Waals surface area (Å²) in [6, 6.07) is 9.71. The minimum Gasteiger partial charge on any atom is -0.342 e. The Balaban J connectivity index is 1.62. The van der Waals surface area contributed by atoms with Crippen molar-refractivity contribution in [2.75, 3.05) is 13.1 Å². The predicted molar refractivity (Wildman–Crippen MR) is 76.5 cm³/mol. The number of aromatic nitrogens is 2. The number of rotatable bonds is 3. The molecule has 1 amide bonds. The maximum absolute atomic E-state index is 12.7. The van der Waals surface area contributed by atoms with Crippen LogP contribution in [0.1, 0.15) is 31.6 Å². The summed E-state index contributed by atoms with van der Waals surface area (Å²) in [5, 5.41) is 4.04. The van der Waals surface area contributed by atoms with Gasteiger partial charge in [0.1, 0.15) is 5.41 Å². The second-order valence-electron chi connectivity index (χ2n) is 5.87. The number of amides is 1. The monoisotopic (exact) mass is 283 g/mol. The van der Waals surface area contributed by atoms with E-state index in [2.05, 4.69) is 10.1 Å². The van der Waals surface area contributed by atoms with E-state index in [1.165, 1.54) is 0 Å². The Hall–Kier alpha value is -2.17. The first kappa shape index (κ1) is 12.6. The Kier molecular flexibility index (Phi) is 2.80. The van der Waals surface area contributed by atoms with Gasteiger partial charge >= 0.3 is 0 Å². The van der Waals surface area contributed by atoms with Crippen molar-refractivity contribution in [3.05, 3.63) is 36.2 Å². The van der Waals surface area contributed by atoms with Crippen LogP contribution < -0.4 is 0 Å². The van der Waals surface area contributed by atoms with Gasteiger partial charge < -0.3 is 9.42 Å². The number of nitrogens with zero attached hydrogens (tertiary/aromatic N) is 3.